The molecule has 0 aliphatic rings. The van der Waals surface area contributed by atoms with Crippen molar-refractivity contribution >= 4 is 5.71 Å². The second kappa shape index (κ2) is 7.98. The summed E-state index contributed by atoms with van der Waals surface area (Å²) in [7, 11) is 0. The summed E-state index contributed by atoms with van der Waals surface area (Å²) in [5, 5.41) is 0. The van der Waals surface area contributed by atoms with Gasteiger partial charge in [0.05, 0.1) is 0 Å². The molecule has 0 atom stereocenters. The molecule has 0 saturated heterocycles. The number of hydrogen-bond donors (Lipinski definition) is 0. The lowest BCUT2D eigenvalue weighted by Crippen LogP contribution is -1.98. The van der Waals surface area contributed by atoms with Gasteiger partial charge in [-0.3, -0.25) is 4.99 Å². The highest BCUT2D eigenvalue weighted by Gasteiger charge is 1.98. The van der Waals surface area contributed by atoms with Gasteiger partial charge < -0.3 is 0 Å². The van der Waals surface area contributed by atoms with Crippen LogP contribution in [-0.4, -0.2) is 5.71 Å². The molecule has 0 unspecified atom stereocenters. The van der Waals surface area contributed by atoms with Crippen LogP contribution in [0.15, 0.2) is 53.2 Å². The third-order valence-electron chi connectivity index (χ3n) is 1.83. The highest BCUT2D eigenvalue weighted by Crippen LogP contribution is 2.06. The first-order chi connectivity index (χ1) is 7.15. The predicted molar refractivity (Wildman–Crippen MR) is 70.3 cm³/mol. The zero-order valence-electron chi connectivity index (χ0n) is 10.2. The van der Waals surface area contributed by atoms with Crippen LogP contribution in [0.2, 0.25) is 0 Å². The van der Waals surface area contributed by atoms with E-state index in [1.54, 1.807) is 0 Å². The van der Waals surface area contributed by atoms with Gasteiger partial charge in [-0.25, -0.2) is 0 Å². The maximum atomic E-state index is 4.45. The van der Waals surface area contributed by atoms with Gasteiger partial charge in [0, 0.05) is 11.9 Å². The fraction of sp³-hybridized carbons (Fsp3) is 0.357. The van der Waals surface area contributed by atoms with E-state index in [0.717, 1.165) is 17.7 Å². The molecule has 0 aromatic heterocycles. The second-order valence-electron chi connectivity index (χ2n) is 3.49. The Kier molecular flexibility index (Phi) is 7.25. The molecule has 0 aromatic carbocycles. The van der Waals surface area contributed by atoms with Crippen LogP contribution in [-0.2, 0) is 0 Å². The average Bonchev–Trinajstić information content (AvgIpc) is 2.22. The van der Waals surface area contributed by atoms with Crippen molar-refractivity contribution in [3.8, 4) is 0 Å². The van der Waals surface area contributed by atoms with Gasteiger partial charge in [0.2, 0.25) is 0 Å². The molecule has 0 heterocycles. The van der Waals surface area contributed by atoms with E-state index < -0.39 is 0 Å². The minimum Gasteiger partial charge on any atom is -0.261 e. The monoisotopic (exact) mass is 203 g/mol. The van der Waals surface area contributed by atoms with Gasteiger partial charge in [-0.1, -0.05) is 43.4 Å². The summed E-state index contributed by atoms with van der Waals surface area (Å²) >= 11 is 0. The van der Waals surface area contributed by atoms with Crippen molar-refractivity contribution in [2.24, 2.45) is 4.99 Å². The molecule has 1 nitrogen and oxygen atoms in total. The van der Waals surface area contributed by atoms with Crippen LogP contribution in [0.3, 0.4) is 0 Å². The molecule has 1 heteroatoms. The fourth-order valence-electron chi connectivity index (χ4n) is 1.06. The van der Waals surface area contributed by atoms with E-state index in [-0.39, 0.29) is 0 Å². The molecule has 0 fully saturated rings. The quantitative estimate of drug-likeness (QED) is 0.462. The van der Waals surface area contributed by atoms with E-state index in [2.05, 4.69) is 18.5 Å². The Hall–Kier alpha value is -1.37. The topological polar surface area (TPSA) is 12.4 Å². The normalized spacial score (nSPS) is 13.1. The van der Waals surface area contributed by atoms with Crippen LogP contribution in [0.4, 0.5) is 0 Å². The molecule has 0 rings (SSSR count). The Morgan fingerprint density at radius 3 is 2.40 bits per heavy atom. The minimum absolute atomic E-state index is 0.916. The molecule has 0 aliphatic carbocycles. The average molecular weight is 203 g/mol. The van der Waals surface area contributed by atoms with Crippen LogP contribution in [0.5, 0.6) is 0 Å². The fourth-order valence-corrected chi connectivity index (χ4v) is 1.06. The lowest BCUT2D eigenvalue weighted by molar-refractivity contribution is 1.24. The zero-order valence-corrected chi connectivity index (χ0v) is 10.2. The SMILES string of the molecule is C=C/C(=C\C=C/C)C(CC)=NC=C(C)C. The smallest absolute Gasteiger partial charge is 0.0472 e. The molecule has 0 saturated carbocycles. The van der Waals surface area contributed by atoms with Crippen molar-refractivity contribution in [2.45, 2.75) is 34.1 Å². The third kappa shape index (κ3) is 5.84. The predicted octanol–water partition coefficient (Wildman–Crippen LogP) is 4.45. The van der Waals surface area contributed by atoms with Crippen molar-refractivity contribution in [3.05, 3.63) is 48.2 Å². The highest BCUT2D eigenvalue weighted by atomic mass is 14.7. The maximum Gasteiger partial charge on any atom is 0.0472 e. The molecule has 0 aromatic rings. The number of hydrogen-bond acceptors (Lipinski definition) is 1. The molecule has 0 bridgehead atoms. The van der Waals surface area contributed by atoms with E-state index in [1.807, 2.05) is 51.3 Å². The van der Waals surface area contributed by atoms with Crippen molar-refractivity contribution < 1.29 is 0 Å². The van der Waals surface area contributed by atoms with Crippen molar-refractivity contribution in [2.75, 3.05) is 0 Å². The lowest BCUT2D eigenvalue weighted by atomic mass is 10.1. The summed E-state index contributed by atoms with van der Waals surface area (Å²) in [4.78, 5) is 4.45. The van der Waals surface area contributed by atoms with Crippen molar-refractivity contribution in [3.63, 3.8) is 0 Å². The number of aliphatic imine (C=N–C) groups is 1. The summed E-state index contributed by atoms with van der Waals surface area (Å²) in [6, 6.07) is 0. The molecule has 0 aliphatic heterocycles. The zero-order chi connectivity index (χ0) is 11.7. The number of rotatable bonds is 5. The van der Waals surface area contributed by atoms with Gasteiger partial charge in [0.1, 0.15) is 0 Å². The standard InChI is InChI=1S/C14H21N/c1-6-9-10-13(7-2)14(8-3)15-11-12(4)5/h6-7,9-11H,2,8H2,1,3-5H3/b9-6-,13-10+,15-14?. The molecular weight excluding hydrogens is 182 g/mol. The summed E-state index contributed by atoms with van der Waals surface area (Å²) in [5.41, 5.74) is 3.37. The van der Waals surface area contributed by atoms with Gasteiger partial charge in [-0.15, -0.1) is 0 Å². The van der Waals surface area contributed by atoms with Gasteiger partial charge >= 0.3 is 0 Å². The van der Waals surface area contributed by atoms with Gasteiger partial charge in [-0.05, 0) is 32.8 Å². The molecule has 0 radical (unpaired) electrons. The number of nitrogens with zero attached hydrogens (tertiary/aromatic N) is 1. The van der Waals surface area contributed by atoms with Crippen molar-refractivity contribution in [1.82, 2.24) is 0 Å². The van der Waals surface area contributed by atoms with E-state index in [0.29, 0.717) is 0 Å². The number of allylic oxidation sites excluding steroid dienone is 6. The summed E-state index contributed by atoms with van der Waals surface area (Å²) in [6.07, 6.45) is 10.7. The Morgan fingerprint density at radius 1 is 1.33 bits per heavy atom. The first-order valence-corrected chi connectivity index (χ1v) is 5.31. The largest absolute Gasteiger partial charge is 0.261 e. The Balaban J connectivity index is 5.00. The van der Waals surface area contributed by atoms with Gasteiger partial charge in [-0.2, -0.15) is 0 Å². The van der Waals surface area contributed by atoms with Crippen LogP contribution in [0, 0.1) is 0 Å². The Morgan fingerprint density at radius 2 is 2.00 bits per heavy atom. The first kappa shape index (κ1) is 13.6. The van der Waals surface area contributed by atoms with Crippen LogP contribution in [0.1, 0.15) is 34.1 Å². The summed E-state index contributed by atoms with van der Waals surface area (Å²) in [6.45, 7) is 12.0. The third-order valence-corrected chi connectivity index (χ3v) is 1.83. The molecule has 0 N–H and O–H groups in total. The summed E-state index contributed by atoms with van der Waals surface area (Å²) in [5.74, 6) is 0. The van der Waals surface area contributed by atoms with Crippen molar-refractivity contribution in [1.29, 1.82) is 0 Å². The van der Waals surface area contributed by atoms with Crippen LogP contribution in [0.25, 0.3) is 0 Å². The van der Waals surface area contributed by atoms with E-state index in [4.69, 9.17) is 0 Å². The Bertz CT molecular complexity index is 310. The minimum atomic E-state index is 0.916. The molecule has 15 heavy (non-hydrogen) atoms. The molecule has 0 amide bonds. The molecule has 0 spiro atoms. The molecular formula is C14H21N. The summed E-state index contributed by atoms with van der Waals surface area (Å²) < 4.78 is 0. The maximum absolute atomic E-state index is 4.45. The van der Waals surface area contributed by atoms with Gasteiger partial charge in [0.15, 0.2) is 0 Å². The van der Waals surface area contributed by atoms with E-state index >= 15 is 0 Å². The van der Waals surface area contributed by atoms with E-state index in [1.165, 1.54) is 5.57 Å². The van der Waals surface area contributed by atoms with E-state index in [9.17, 15) is 0 Å². The Labute approximate surface area is 93.6 Å². The first-order valence-electron chi connectivity index (χ1n) is 5.31. The lowest BCUT2D eigenvalue weighted by Gasteiger charge is -2.02. The van der Waals surface area contributed by atoms with Crippen LogP contribution >= 0.6 is 0 Å². The molecule has 82 valence electrons. The van der Waals surface area contributed by atoms with Crippen LogP contribution < -0.4 is 0 Å². The second-order valence-corrected chi connectivity index (χ2v) is 3.49. The highest BCUT2D eigenvalue weighted by molar-refractivity contribution is 6.02. The van der Waals surface area contributed by atoms with Gasteiger partial charge in [0.25, 0.3) is 0 Å².